The van der Waals surface area contributed by atoms with Crippen molar-refractivity contribution in [1.29, 1.82) is 0 Å². The molecule has 1 aliphatic carbocycles. The van der Waals surface area contributed by atoms with E-state index in [2.05, 4.69) is 26.9 Å². The van der Waals surface area contributed by atoms with Gasteiger partial charge in [-0.15, -0.1) is 6.58 Å². The number of hydrogen-bond donors (Lipinski definition) is 1. The second kappa shape index (κ2) is 11.3. The summed E-state index contributed by atoms with van der Waals surface area (Å²) in [6.07, 6.45) is 9.65. The first kappa shape index (κ1) is 25.8. The Morgan fingerprint density at radius 2 is 2.11 bits per heavy atom. The first-order valence-electron chi connectivity index (χ1n) is 12.9. The number of carbonyl (C=O) groups is 1. The summed E-state index contributed by atoms with van der Waals surface area (Å²) in [5.74, 6) is 0.538. The van der Waals surface area contributed by atoms with Crippen LogP contribution in [0.5, 0.6) is 5.19 Å². The van der Waals surface area contributed by atoms with E-state index in [0.29, 0.717) is 16.7 Å². The third-order valence-corrected chi connectivity index (χ3v) is 8.77. The molecule has 0 unspecified atom stereocenters. The van der Waals surface area contributed by atoms with Crippen molar-refractivity contribution in [2.24, 2.45) is 5.92 Å². The van der Waals surface area contributed by atoms with Crippen molar-refractivity contribution in [3.8, 4) is 5.19 Å². The van der Waals surface area contributed by atoms with E-state index >= 15 is 0 Å². The Morgan fingerprint density at radius 1 is 1.30 bits per heavy atom. The van der Waals surface area contributed by atoms with Gasteiger partial charge in [0.15, 0.2) is 6.61 Å². The summed E-state index contributed by atoms with van der Waals surface area (Å²) in [6, 6.07) is 5.55. The van der Waals surface area contributed by atoms with Crippen LogP contribution < -0.4 is 10.1 Å². The van der Waals surface area contributed by atoms with Crippen molar-refractivity contribution in [2.45, 2.75) is 56.9 Å². The minimum Gasteiger partial charge on any atom is -0.464 e. The molecule has 0 radical (unpaired) electrons. The number of fused-ring (bicyclic) bond motifs is 2. The van der Waals surface area contributed by atoms with Crippen molar-refractivity contribution < 1.29 is 18.3 Å². The number of amides is 1. The maximum absolute atomic E-state index is 13.1. The number of alkyl halides is 2. The number of ether oxygens (including phenoxy) is 1. The zero-order chi connectivity index (χ0) is 25.8. The molecule has 37 heavy (non-hydrogen) atoms. The summed E-state index contributed by atoms with van der Waals surface area (Å²) in [7, 11) is 0. The number of nitrogens with one attached hydrogen (secondary N) is 1. The molecule has 1 N–H and O–H groups in total. The van der Waals surface area contributed by atoms with Gasteiger partial charge in [-0.25, -0.2) is 18.3 Å². The molecular weight excluding hydrogens is 496 g/mol. The van der Waals surface area contributed by atoms with Gasteiger partial charge in [0.25, 0.3) is 17.5 Å². The predicted molar refractivity (Wildman–Crippen MR) is 140 cm³/mol. The van der Waals surface area contributed by atoms with Crippen molar-refractivity contribution in [3.05, 3.63) is 59.4 Å². The molecule has 0 atom stereocenters. The quantitative estimate of drug-likeness (QED) is 0.405. The van der Waals surface area contributed by atoms with E-state index in [1.807, 2.05) is 24.3 Å². The van der Waals surface area contributed by atoms with Crippen LogP contribution in [0, 0.1) is 5.92 Å². The second-order valence-electron chi connectivity index (χ2n) is 10.0. The Kier molecular flexibility index (Phi) is 7.85. The number of carbonyl (C=O) groups excluding carboxylic acids is 1. The highest BCUT2D eigenvalue weighted by molar-refractivity contribution is 7.13. The van der Waals surface area contributed by atoms with Crippen molar-refractivity contribution >= 4 is 22.8 Å². The fourth-order valence-corrected chi connectivity index (χ4v) is 6.42. The molecule has 1 fully saturated rings. The minimum absolute atomic E-state index is 0.0812. The molecule has 2 aliphatic rings. The van der Waals surface area contributed by atoms with Crippen LogP contribution in [0.15, 0.2) is 43.2 Å². The Morgan fingerprint density at radius 3 is 2.89 bits per heavy atom. The Balaban J connectivity index is 1.09. The molecule has 1 saturated carbocycles. The van der Waals surface area contributed by atoms with Gasteiger partial charge in [0, 0.05) is 36.8 Å². The lowest BCUT2D eigenvalue weighted by Gasteiger charge is -2.39. The summed E-state index contributed by atoms with van der Waals surface area (Å²) in [5.41, 5.74) is 2.05. The number of aromatic nitrogens is 3. The summed E-state index contributed by atoms with van der Waals surface area (Å²) in [5, 5.41) is 7.88. The third kappa shape index (κ3) is 6.01. The Bertz CT molecular complexity index is 1210. The number of thiazole rings is 1. The largest absolute Gasteiger partial charge is 0.464 e. The van der Waals surface area contributed by atoms with Gasteiger partial charge in [0.1, 0.15) is 0 Å². The average molecular weight is 530 g/mol. The highest BCUT2D eigenvalue weighted by Crippen LogP contribution is 2.35. The van der Waals surface area contributed by atoms with E-state index in [1.54, 1.807) is 16.9 Å². The van der Waals surface area contributed by atoms with E-state index in [4.69, 9.17) is 4.74 Å². The molecule has 1 amide bonds. The number of hydrogen-bond acceptors (Lipinski definition) is 6. The molecule has 5 rings (SSSR count). The van der Waals surface area contributed by atoms with E-state index in [-0.39, 0.29) is 11.4 Å². The van der Waals surface area contributed by atoms with Crippen LogP contribution in [0.3, 0.4) is 0 Å². The number of nitrogens with zero attached hydrogens (tertiary/aromatic N) is 4. The maximum atomic E-state index is 13.1. The molecule has 3 aromatic heterocycles. The molecule has 1 aliphatic heterocycles. The highest BCUT2D eigenvalue weighted by atomic mass is 32.1. The summed E-state index contributed by atoms with van der Waals surface area (Å²) < 4.78 is 31.6. The lowest BCUT2D eigenvalue weighted by Crippen LogP contribution is -2.49. The summed E-state index contributed by atoms with van der Waals surface area (Å²) in [4.78, 5) is 21.2. The van der Waals surface area contributed by atoms with E-state index in [0.717, 1.165) is 80.7 Å². The fraction of sp³-hybridized carbons (Fsp3) is 0.519. The molecule has 0 saturated heterocycles. The fourth-order valence-electron chi connectivity index (χ4n) is 5.46. The average Bonchev–Trinajstić information content (AvgIpc) is 3.47. The Labute approximate surface area is 219 Å². The van der Waals surface area contributed by atoms with Gasteiger partial charge in [0.05, 0.1) is 22.3 Å². The monoisotopic (exact) mass is 529 g/mol. The summed E-state index contributed by atoms with van der Waals surface area (Å²) >= 11 is 1.40. The highest BCUT2D eigenvalue weighted by Gasteiger charge is 2.35. The van der Waals surface area contributed by atoms with E-state index < -0.39 is 13.0 Å². The van der Waals surface area contributed by atoms with Crippen molar-refractivity contribution in [2.75, 3.05) is 26.2 Å². The molecule has 10 heteroatoms. The minimum atomic E-state index is -2.48. The molecule has 0 aromatic carbocycles. The van der Waals surface area contributed by atoms with E-state index in [1.165, 1.54) is 11.3 Å². The number of halogens is 2. The van der Waals surface area contributed by atoms with Gasteiger partial charge < -0.3 is 15.0 Å². The van der Waals surface area contributed by atoms with Gasteiger partial charge in [-0.05, 0) is 69.2 Å². The number of rotatable bonds is 9. The normalized spacial score (nSPS) is 22.5. The van der Waals surface area contributed by atoms with Crippen LogP contribution in [-0.2, 0) is 12.8 Å². The third-order valence-electron chi connectivity index (χ3n) is 7.70. The van der Waals surface area contributed by atoms with Crippen LogP contribution in [0.1, 0.15) is 53.0 Å². The van der Waals surface area contributed by atoms with Crippen LogP contribution in [-0.4, -0.2) is 63.6 Å². The first-order chi connectivity index (χ1) is 17.9. The standard InChI is InChI=1S/C27H33F2N5O2S/c1-2-27(32-25(35)20-8-17-34-22(20)4-3-13-30-34)11-5-19(6-12-27)7-14-33-15-9-21-23(10-16-33)37-26(31-21)36-18-24(28)29/h2-4,8,13,17,19,24H,1,5-7,9-12,14-16,18H2,(H,32,35). The van der Waals surface area contributed by atoms with Crippen LogP contribution in [0.25, 0.3) is 5.52 Å². The first-order valence-corrected chi connectivity index (χ1v) is 13.8. The zero-order valence-corrected chi connectivity index (χ0v) is 21.7. The molecule has 0 spiro atoms. The topological polar surface area (TPSA) is 71.8 Å². The molecule has 0 bridgehead atoms. The van der Waals surface area contributed by atoms with Crippen molar-refractivity contribution in [3.63, 3.8) is 0 Å². The lowest BCUT2D eigenvalue weighted by atomic mass is 9.75. The lowest BCUT2D eigenvalue weighted by molar-refractivity contribution is 0.0816. The van der Waals surface area contributed by atoms with Crippen molar-refractivity contribution in [1.82, 2.24) is 24.8 Å². The molecular formula is C27H33F2N5O2S. The van der Waals surface area contributed by atoms with E-state index in [9.17, 15) is 13.6 Å². The molecule has 7 nitrogen and oxygen atoms in total. The second-order valence-corrected chi connectivity index (χ2v) is 11.1. The van der Waals surface area contributed by atoms with Crippen LogP contribution in [0.4, 0.5) is 8.78 Å². The van der Waals surface area contributed by atoms with Crippen LogP contribution >= 0.6 is 11.3 Å². The van der Waals surface area contributed by atoms with Gasteiger partial charge in [0.2, 0.25) is 0 Å². The summed E-state index contributed by atoms with van der Waals surface area (Å²) in [6.45, 7) is 6.36. The zero-order valence-electron chi connectivity index (χ0n) is 20.9. The Hall–Kier alpha value is -2.85. The smallest absolute Gasteiger partial charge is 0.273 e. The van der Waals surface area contributed by atoms with Gasteiger partial charge in [-0.1, -0.05) is 17.4 Å². The predicted octanol–water partition coefficient (Wildman–Crippen LogP) is 4.77. The van der Waals surface area contributed by atoms with Crippen LogP contribution in [0.2, 0.25) is 0 Å². The van der Waals surface area contributed by atoms with Gasteiger partial charge in [-0.2, -0.15) is 5.10 Å². The van der Waals surface area contributed by atoms with Gasteiger partial charge in [-0.3, -0.25) is 4.79 Å². The van der Waals surface area contributed by atoms with Gasteiger partial charge >= 0.3 is 0 Å². The molecule has 4 heterocycles. The SMILES string of the molecule is C=CC1(NC(=O)c2ccn3ncccc23)CCC(CCN2CCc3nc(OCC(F)F)sc3CC2)CC1. The maximum Gasteiger partial charge on any atom is 0.273 e. The molecule has 3 aromatic rings. The molecule has 198 valence electrons.